The maximum absolute atomic E-state index is 12.5. The molecule has 1 saturated heterocycles. The zero-order valence-electron chi connectivity index (χ0n) is 19.5. The number of benzene rings is 2. The van der Waals surface area contributed by atoms with Crippen molar-refractivity contribution in [2.75, 3.05) is 41.3 Å². The lowest BCUT2D eigenvalue weighted by atomic mass is 10.0. The van der Waals surface area contributed by atoms with Gasteiger partial charge in [0.2, 0.25) is 5.75 Å². The van der Waals surface area contributed by atoms with E-state index in [9.17, 15) is 8.42 Å². The second-order valence-electron chi connectivity index (χ2n) is 7.57. The molecule has 2 atom stereocenters. The topological polar surface area (TPSA) is 89.5 Å². The number of ether oxygens (including phenoxy) is 6. The van der Waals surface area contributed by atoms with Crippen molar-refractivity contribution in [3.8, 4) is 28.7 Å². The van der Waals surface area contributed by atoms with Crippen LogP contribution in [0.15, 0.2) is 41.8 Å². The molecule has 0 aliphatic carbocycles. The van der Waals surface area contributed by atoms with Gasteiger partial charge >= 0.3 is 0 Å². The van der Waals surface area contributed by atoms with E-state index in [-0.39, 0.29) is 29.5 Å². The molecule has 1 fully saturated rings. The Bertz CT molecular complexity index is 1080. The average molecular weight is 479 g/mol. The predicted molar refractivity (Wildman–Crippen MR) is 124 cm³/mol. The van der Waals surface area contributed by atoms with Gasteiger partial charge in [0.15, 0.2) is 32.8 Å². The van der Waals surface area contributed by atoms with E-state index in [1.165, 1.54) is 7.11 Å². The quantitative estimate of drug-likeness (QED) is 0.468. The molecule has 180 valence electrons. The lowest BCUT2D eigenvalue weighted by Crippen LogP contribution is -2.08. The molecule has 0 saturated carbocycles. The van der Waals surface area contributed by atoms with Crippen molar-refractivity contribution in [2.45, 2.75) is 29.9 Å². The minimum atomic E-state index is -3.58. The Kier molecular flexibility index (Phi) is 7.76. The fourth-order valence-electron chi connectivity index (χ4n) is 3.91. The smallest absolute Gasteiger partial charge is 0.203 e. The Morgan fingerprint density at radius 3 is 1.79 bits per heavy atom. The summed E-state index contributed by atoms with van der Waals surface area (Å²) in [6, 6.07) is 7.08. The van der Waals surface area contributed by atoms with Gasteiger partial charge in [-0.2, -0.15) is 0 Å². The zero-order valence-corrected chi connectivity index (χ0v) is 20.4. The van der Waals surface area contributed by atoms with Crippen LogP contribution in [0.3, 0.4) is 0 Å². The molecule has 0 spiro atoms. The van der Waals surface area contributed by atoms with Crippen LogP contribution in [0.2, 0.25) is 0 Å². The summed E-state index contributed by atoms with van der Waals surface area (Å²) in [7, 11) is 2.57. The molecule has 0 N–H and O–H groups in total. The van der Waals surface area contributed by atoms with Crippen LogP contribution in [-0.4, -0.2) is 49.7 Å². The normalized spacial score (nSPS) is 18.0. The monoisotopic (exact) mass is 478 g/mol. The summed E-state index contributed by atoms with van der Waals surface area (Å²) in [5.74, 6) is 2.10. The lowest BCUT2D eigenvalue weighted by Gasteiger charge is -2.20. The minimum absolute atomic E-state index is 0.0542. The fourth-order valence-corrected chi connectivity index (χ4v) is 4.76. The van der Waals surface area contributed by atoms with Gasteiger partial charge in [-0.25, -0.2) is 8.42 Å². The molecule has 2 unspecified atom stereocenters. The molecule has 33 heavy (non-hydrogen) atoms. The molecule has 1 aliphatic heterocycles. The van der Waals surface area contributed by atoms with Gasteiger partial charge in [0, 0.05) is 6.26 Å². The summed E-state index contributed by atoms with van der Waals surface area (Å²) in [5, 5.41) is 0. The van der Waals surface area contributed by atoms with Crippen molar-refractivity contribution in [1.29, 1.82) is 0 Å². The highest BCUT2D eigenvalue weighted by Crippen LogP contribution is 2.47. The Morgan fingerprint density at radius 1 is 0.879 bits per heavy atom. The van der Waals surface area contributed by atoms with Crippen molar-refractivity contribution in [3.63, 3.8) is 0 Å². The van der Waals surface area contributed by atoms with E-state index >= 15 is 0 Å². The van der Waals surface area contributed by atoms with E-state index in [4.69, 9.17) is 28.4 Å². The van der Waals surface area contributed by atoms with Gasteiger partial charge in [0.25, 0.3) is 0 Å². The Hall–Kier alpha value is -2.91. The van der Waals surface area contributed by atoms with Crippen LogP contribution in [0.4, 0.5) is 0 Å². The summed E-state index contributed by atoms with van der Waals surface area (Å²) in [6.45, 7) is 3.77. The van der Waals surface area contributed by atoms with Crippen LogP contribution in [0.5, 0.6) is 28.7 Å². The number of hydrogen-bond donors (Lipinski definition) is 0. The third-order valence-corrected chi connectivity index (χ3v) is 6.56. The summed E-state index contributed by atoms with van der Waals surface area (Å²) in [6.07, 6.45) is 3.56. The molecule has 8 nitrogen and oxygen atoms in total. The van der Waals surface area contributed by atoms with E-state index in [1.54, 1.807) is 39.5 Å². The van der Waals surface area contributed by atoms with Crippen LogP contribution in [0.25, 0.3) is 0 Å². The number of hydrogen-bond acceptors (Lipinski definition) is 8. The first kappa shape index (κ1) is 24.7. The Morgan fingerprint density at radius 2 is 1.36 bits per heavy atom. The van der Waals surface area contributed by atoms with Crippen LogP contribution in [0, 0.1) is 0 Å². The van der Waals surface area contributed by atoms with Crippen LogP contribution in [-0.2, 0) is 14.6 Å². The molecular formula is C24H30O8S. The Balaban J connectivity index is 1.96. The van der Waals surface area contributed by atoms with E-state index in [2.05, 4.69) is 6.58 Å². The molecule has 0 radical (unpaired) electrons. The van der Waals surface area contributed by atoms with E-state index in [0.29, 0.717) is 35.0 Å². The van der Waals surface area contributed by atoms with Crippen molar-refractivity contribution in [2.24, 2.45) is 0 Å². The van der Waals surface area contributed by atoms with Gasteiger partial charge in [0.1, 0.15) is 11.5 Å². The average Bonchev–Trinajstić information content (AvgIpc) is 3.30. The van der Waals surface area contributed by atoms with Gasteiger partial charge in [-0.3, -0.25) is 0 Å². The molecular weight excluding hydrogens is 448 g/mol. The molecule has 9 heteroatoms. The predicted octanol–water partition coefficient (Wildman–Crippen LogP) is 4.28. The first-order chi connectivity index (χ1) is 15.8. The minimum Gasteiger partial charge on any atom is -0.493 e. The molecule has 2 aromatic rings. The van der Waals surface area contributed by atoms with E-state index < -0.39 is 9.84 Å². The Labute approximate surface area is 194 Å². The number of rotatable bonds is 10. The number of sulfone groups is 1. The standard InChI is InChI=1S/C24H30O8S/c1-7-10-31-24-21(29-4)13-16(14-22(24)33(6,25)26)18-9-8-17(32-18)15-11-19(27-2)23(30-5)20(12-15)28-3/h7,11-14,17-18H,1,8-10H2,2-6H3. The zero-order chi connectivity index (χ0) is 24.2. The fraction of sp³-hybridized carbons (Fsp3) is 0.417. The highest BCUT2D eigenvalue weighted by atomic mass is 32.2. The van der Waals surface area contributed by atoms with Crippen LogP contribution >= 0.6 is 0 Å². The molecule has 0 amide bonds. The van der Waals surface area contributed by atoms with Gasteiger partial charge in [-0.1, -0.05) is 12.7 Å². The second-order valence-corrected chi connectivity index (χ2v) is 9.56. The molecule has 0 bridgehead atoms. The van der Waals surface area contributed by atoms with Gasteiger partial charge in [-0.15, -0.1) is 0 Å². The first-order valence-corrected chi connectivity index (χ1v) is 12.3. The third kappa shape index (κ3) is 5.20. The van der Waals surface area contributed by atoms with E-state index in [0.717, 1.165) is 18.2 Å². The van der Waals surface area contributed by atoms with E-state index in [1.807, 2.05) is 12.1 Å². The largest absolute Gasteiger partial charge is 0.493 e. The van der Waals surface area contributed by atoms with Crippen molar-refractivity contribution in [1.82, 2.24) is 0 Å². The highest BCUT2D eigenvalue weighted by molar-refractivity contribution is 7.90. The van der Waals surface area contributed by atoms with Gasteiger partial charge < -0.3 is 28.4 Å². The lowest BCUT2D eigenvalue weighted by molar-refractivity contribution is 0.0435. The van der Waals surface area contributed by atoms with Crippen molar-refractivity contribution in [3.05, 3.63) is 48.0 Å². The number of methoxy groups -OCH3 is 4. The summed E-state index contributed by atoms with van der Waals surface area (Å²) < 4.78 is 58.7. The first-order valence-electron chi connectivity index (χ1n) is 10.4. The summed E-state index contributed by atoms with van der Waals surface area (Å²) in [4.78, 5) is 0.0542. The van der Waals surface area contributed by atoms with Crippen molar-refractivity contribution < 1.29 is 36.8 Å². The molecule has 2 aromatic carbocycles. The SMILES string of the molecule is C=CCOc1c(OC)cc(C2CCC(c3cc(OC)c(OC)c(OC)c3)O2)cc1S(C)(=O)=O. The second kappa shape index (κ2) is 10.4. The summed E-state index contributed by atoms with van der Waals surface area (Å²) >= 11 is 0. The molecule has 3 rings (SSSR count). The maximum Gasteiger partial charge on any atom is 0.203 e. The summed E-state index contributed by atoms with van der Waals surface area (Å²) in [5.41, 5.74) is 1.58. The van der Waals surface area contributed by atoms with Crippen LogP contribution in [0.1, 0.15) is 36.2 Å². The maximum atomic E-state index is 12.5. The van der Waals surface area contributed by atoms with Gasteiger partial charge in [-0.05, 0) is 48.2 Å². The van der Waals surface area contributed by atoms with Crippen molar-refractivity contribution >= 4 is 9.84 Å². The molecule has 0 aromatic heterocycles. The van der Waals surface area contributed by atoms with Crippen LogP contribution < -0.4 is 23.7 Å². The molecule has 1 aliphatic rings. The molecule has 1 heterocycles. The van der Waals surface area contributed by atoms with Gasteiger partial charge in [0.05, 0.1) is 40.6 Å². The third-order valence-electron chi connectivity index (χ3n) is 5.46. The highest BCUT2D eigenvalue weighted by Gasteiger charge is 2.32.